The van der Waals surface area contributed by atoms with E-state index >= 15 is 0 Å². The molecule has 5 nitrogen and oxygen atoms in total. The summed E-state index contributed by atoms with van der Waals surface area (Å²) in [7, 11) is 0. The molecule has 0 saturated carbocycles. The van der Waals surface area contributed by atoms with E-state index in [9.17, 15) is 9.59 Å². The van der Waals surface area contributed by atoms with E-state index in [1.165, 1.54) is 23.5 Å². The van der Waals surface area contributed by atoms with Crippen molar-refractivity contribution < 1.29 is 14.3 Å². The quantitative estimate of drug-likeness (QED) is 0.455. The number of thioether (sulfide) groups is 2. The van der Waals surface area contributed by atoms with Crippen molar-refractivity contribution in [2.75, 3.05) is 23.8 Å². The number of carbonyl (C=O) groups is 2. The van der Waals surface area contributed by atoms with Gasteiger partial charge < -0.3 is 15.0 Å². The minimum atomic E-state index is -0.198. The number of rotatable bonds is 4. The van der Waals surface area contributed by atoms with Crippen LogP contribution in [0.1, 0.15) is 5.56 Å². The maximum Gasteiger partial charge on any atom is 0.263 e. The zero-order chi connectivity index (χ0) is 19.5. The molecule has 2 aliphatic heterocycles. The molecule has 0 atom stereocenters. The minimum Gasteiger partial charge on any atom is -0.490 e. The zero-order valence-electron chi connectivity index (χ0n) is 14.7. The lowest BCUT2D eigenvalue weighted by Gasteiger charge is -2.29. The molecule has 1 N–H and O–H groups in total. The molecule has 2 aromatic carbocycles. The highest BCUT2D eigenvalue weighted by atomic mass is 32.2. The van der Waals surface area contributed by atoms with Crippen molar-refractivity contribution in [2.24, 2.45) is 0 Å². The van der Waals surface area contributed by atoms with Crippen LogP contribution in [0.15, 0.2) is 58.3 Å². The van der Waals surface area contributed by atoms with E-state index in [0.29, 0.717) is 33.9 Å². The summed E-state index contributed by atoms with van der Waals surface area (Å²) in [6, 6.07) is 15.4. The van der Waals surface area contributed by atoms with E-state index in [2.05, 4.69) is 5.32 Å². The number of fused-ring (bicyclic) bond motifs is 1. The number of nitrogens with zero attached hydrogens (tertiary/aromatic N) is 1. The number of anilines is 1. The third-order valence-corrected chi connectivity index (χ3v) is 6.35. The van der Waals surface area contributed by atoms with E-state index in [4.69, 9.17) is 17.0 Å². The van der Waals surface area contributed by atoms with Gasteiger partial charge in [-0.05, 0) is 35.9 Å². The highest BCUT2D eigenvalue weighted by molar-refractivity contribution is 8.26. The Kier molecular flexibility index (Phi) is 5.70. The molecule has 1 saturated heterocycles. The average Bonchev–Trinajstić information content (AvgIpc) is 3.03. The smallest absolute Gasteiger partial charge is 0.263 e. The van der Waals surface area contributed by atoms with Crippen LogP contribution in [-0.4, -0.2) is 35.0 Å². The van der Waals surface area contributed by atoms with Crippen molar-refractivity contribution in [2.45, 2.75) is 4.90 Å². The topological polar surface area (TPSA) is 58.6 Å². The van der Waals surface area contributed by atoms with E-state index in [1.807, 2.05) is 48.5 Å². The molecular weight excluding hydrogens is 412 g/mol. The van der Waals surface area contributed by atoms with Crippen LogP contribution in [0.5, 0.6) is 5.75 Å². The molecule has 1 fully saturated rings. The fourth-order valence-electron chi connectivity index (χ4n) is 2.90. The Hall–Kier alpha value is -2.29. The molecule has 2 aromatic rings. The van der Waals surface area contributed by atoms with Crippen molar-refractivity contribution >= 4 is 63.6 Å². The molecule has 0 aliphatic carbocycles. The molecule has 28 heavy (non-hydrogen) atoms. The van der Waals surface area contributed by atoms with Gasteiger partial charge >= 0.3 is 0 Å². The summed E-state index contributed by atoms with van der Waals surface area (Å²) in [6.07, 6.45) is 1.77. The molecule has 8 heteroatoms. The van der Waals surface area contributed by atoms with E-state index in [1.54, 1.807) is 11.0 Å². The average molecular weight is 429 g/mol. The molecule has 2 heterocycles. The summed E-state index contributed by atoms with van der Waals surface area (Å²) in [5, 5.41) is 2.60. The molecular formula is C20H16N2O3S3. The van der Waals surface area contributed by atoms with Crippen molar-refractivity contribution in [1.29, 1.82) is 0 Å². The lowest BCUT2D eigenvalue weighted by molar-refractivity contribution is -0.116. The van der Waals surface area contributed by atoms with Crippen LogP contribution < -0.4 is 15.0 Å². The lowest BCUT2D eigenvalue weighted by atomic mass is 10.1. The van der Waals surface area contributed by atoms with Crippen LogP contribution >= 0.6 is 35.7 Å². The Balaban J connectivity index is 1.54. The summed E-state index contributed by atoms with van der Waals surface area (Å²) in [6.45, 7) is 0.961. The number of benzene rings is 2. The van der Waals surface area contributed by atoms with Gasteiger partial charge in [-0.25, -0.2) is 0 Å². The van der Waals surface area contributed by atoms with Crippen molar-refractivity contribution in [3.8, 4) is 5.75 Å². The van der Waals surface area contributed by atoms with Crippen LogP contribution in [0.3, 0.4) is 0 Å². The maximum atomic E-state index is 12.8. The van der Waals surface area contributed by atoms with Gasteiger partial charge in [0.05, 0.1) is 22.9 Å². The summed E-state index contributed by atoms with van der Waals surface area (Å²) in [4.78, 5) is 28.1. The number of thiocarbonyl (C=S) groups is 1. The van der Waals surface area contributed by atoms with Crippen LogP contribution in [-0.2, 0) is 9.59 Å². The molecule has 0 bridgehead atoms. The van der Waals surface area contributed by atoms with E-state index < -0.39 is 0 Å². The van der Waals surface area contributed by atoms with Gasteiger partial charge in [-0.2, -0.15) is 0 Å². The predicted octanol–water partition coefficient (Wildman–Crippen LogP) is 3.69. The number of ether oxygens (including phenoxy) is 1. The minimum absolute atomic E-state index is 0.0253. The Morgan fingerprint density at radius 2 is 2.11 bits per heavy atom. The van der Waals surface area contributed by atoms with Crippen LogP contribution in [0.25, 0.3) is 6.08 Å². The number of nitrogens with one attached hydrogen (secondary N) is 1. The van der Waals surface area contributed by atoms with E-state index in [0.717, 1.165) is 16.1 Å². The Morgan fingerprint density at radius 1 is 1.29 bits per heavy atom. The first-order valence-electron chi connectivity index (χ1n) is 8.60. The van der Waals surface area contributed by atoms with Gasteiger partial charge in [-0.1, -0.05) is 48.2 Å². The third kappa shape index (κ3) is 4.24. The largest absolute Gasteiger partial charge is 0.490 e. The SMILES string of the molecule is O=C1NC(=S)S/C1=C\c1ccc2c(c1)N(C(=O)CSc1ccccc1)CCO2. The van der Waals surface area contributed by atoms with Gasteiger partial charge in [0.15, 0.2) is 0 Å². The Labute approximate surface area is 176 Å². The van der Waals surface area contributed by atoms with Crippen LogP contribution in [0, 0.1) is 0 Å². The summed E-state index contributed by atoms with van der Waals surface area (Å²) >= 11 is 7.77. The number of hydrogen-bond acceptors (Lipinski definition) is 6. The van der Waals surface area contributed by atoms with Gasteiger partial charge in [-0.15, -0.1) is 11.8 Å². The highest BCUT2D eigenvalue weighted by Crippen LogP contribution is 2.35. The van der Waals surface area contributed by atoms with Gasteiger partial charge in [0.2, 0.25) is 5.91 Å². The standard InChI is InChI=1S/C20H16N2O3S3/c23-18(12-27-14-4-2-1-3-5-14)22-8-9-25-16-7-6-13(10-15(16)22)11-17-19(24)21-20(26)28-17/h1-7,10-11H,8-9,12H2,(H,21,24,26)/b17-11-. The number of carbonyl (C=O) groups excluding carboxylic acids is 2. The summed E-state index contributed by atoms with van der Waals surface area (Å²) in [5.41, 5.74) is 1.55. The fraction of sp³-hybridized carbons (Fsp3) is 0.150. The first-order chi connectivity index (χ1) is 13.6. The van der Waals surface area contributed by atoms with Gasteiger partial charge in [-0.3, -0.25) is 9.59 Å². The van der Waals surface area contributed by atoms with Crippen LogP contribution in [0.2, 0.25) is 0 Å². The zero-order valence-corrected chi connectivity index (χ0v) is 17.2. The lowest BCUT2D eigenvalue weighted by Crippen LogP contribution is -2.39. The highest BCUT2D eigenvalue weighted by Gasteiger charge is 2.25. The normalized spacial score (nSPS) is 17.3. The second kappa shape index (κ2) is 8.38. The first-order valence-corrected chi connectivity index (χ1v) is 10.8. The summed E-state index contributed by atoms with van der Waals surface area (Å²) < 4.78 is 6.15. The first kappa shape index (κ1) is 19.0. The van der Waals surface area contributed by atoms with Gasteiger partial charge in [0.1, 0.15) is 16.7 Å². The number of hydrogen-bond donors (Lipinski definition) is 1. The predicted molar refractivity (Wildman–Crippen MR) is 118 cm³/mol. The Bertz CT molecular complexity index is 976. The van der Waals surface area contributed by atoms with Crippen molar-refractivity contribution in [3.63, 3.8) is 0 Å². The second-order valence-corrected chi connectivity index (χ2v) is 8.84. The summed E-state index contributed by atoms with van der Waals surface area (Å²) in [5.74, 6) is 0.848. The fourth-order valence-corrected chi connectivity index (χ4v) is 4.74. The van der Waals surface area contributed by atoms with Crippen molar-refractivity contribution in [1.82, 2.24) is 5.32 Å². The Morgan fingerprint density at radius 3 is 2.86 bits per heavy atom. The van der Waals surface area contributed by atoms with Gasteiger partial charge in [0, 0.05) is 4.90 Å². The molecule has 0 unspecified atom stereocenters. The molecule has 2 amide bonds. The molecule has 0 spiro atoms. The molecule has 0 radical (unpaired) electrons. The molecule has 2 aliphatic rings. The molecule has 4 rings (SSSR count). The molecule has 142 valence electrons. The van der Waals surface area contributed by atoms with E-state index in [-0.39, 0.29) is 11.8 Å². The van der Waals surface area contributed by atoms with Gasteiger partial charge in [0.25, 0.3) is 5.91 Å². The van der Waals surface area contributed by atoms with Crippen molar-refractivity contribution in [3.05, 3.63) is 59.0 Å². The second-order valence-electron chi connectivity index (χ2n) is 6.07. The number of amides is 2. The van der Waals surface area contributed by atoms with Crippen LogP contribution in [0.4, 0.5) is 5.69 Å². The molecule has 0 aromatic heterocycles. The maximum absolute atomic E-state index is 12.8. The monoisotopic (exact) mass is 428 g/mol. The third-order valence-electron chi connectivity index (χ3n) is 4.19.